The highest BCUT2D eigenvalue weighted by Gasteiger charge is 2.22. The number of nitrogens with zero attached hydrogens (tertiary/aromatic N) is 3. The number of fused-ring (bicyclic) bond motifs is 11. The smallest absolute Gasteiger partial charge is 0.160 e. The van der Waals surface area contributed by atoms with Crippen LogP contribution in [0.3, 0.4) is 0 Å². The van der Waals surface area contributed by atoms with Crippen molar-refractivity contribution in [1.29, 1.82) is 0 Å². The molecule has 0 atom stereocenters. The van der Waals surface area contributed by atoms with Crippen LogP contribution in [-0.2, 0) is 0 Å². The van der Waals surface area contributed by atoms with Gasteiger partial charge in [-0.3, -0.25) is 4.40 Å². The number of hydrogen-bond donors (Lipinski definition) is 0. The summed E-state index contributed by atoms with van der Waals surface area (Å²) in [6.45, 7) is 0. The molecule has 0 saturated heterocycles. The molecule has 11 rings (SSSR count). The second-order valence-electron chi connectivity index (χ2n) is 13.3. The highest BCUT2D eigenvalue weighted by molar-refractivity contribution is 7.25. The number of hydrogen-bond acceptors (Lipinski definition) is 3. The van der Waals surface area contributed by atoms with Crippen LogP contribution in [0.15, 0.2) is 176 Å². The first-order chi connectivity index (χ1) is 25.8. The average Bonchev–Trinajstić information content (AvgIpc) is 3.78. The molecule has 0 N–H and O–H groups in total. The Morgan fingerprint density at radius 1 is 0.423 bits per heavy atom. The molecule has 0 radical (unpaired) electrons. The molecule has 4 heterocycles. The number of aromatic nitrogens is 3. The zero-order valence-corrected chi connectivity index (χ0v) is 28.8. The molecular weight excluding hydrogens is 651 g/mol. The van der Waals surface area contributed by atoms with Crippen molar-refractivity contribution in [1.82, 2.24) is 14.4 Å². The summed E-state index contributed by atoms with van der Waals surface area (Å²) in [6.07, 6.45) is 0. The van der Waals surface area contributed by atoms with Gasteiger partial charge in [-0.2, -0.15) is 0 Å². The molecule has 0 spiro atoms. The zero-order chi connectivity index (χ0) is 34.2. The first-order valence-electron chi connectivity index (χ1n) is 17.6. The summed E-state index contributed by atoms with van der Waals surface area (Å²) in [7, 11) is 0. The largest absolute Gasteiger partial charge is 0.299 e. The van der Waals surface area contributed by atoms with Crippen molar-refractivity contribution in [3.05, 3.63) is 176 Å². The van der Waals surface area contributed by atoms with Crippen molar-refractivity contribution in [3.63, 3.8) is 0 Å². The third-order valence-electron chi connectivity index (χ3n) is 10.4. The van der Waals surface area contributed by atoms with Crippen LogP contribution >= 0.6 is 11.3 Å². The molecule has 3 nitrogen and oxygen atoms in total. The summed E-state index contributed by atoms with van der Waals surface area (Å²) >= 11 is 1.88. The van der Waals surface area contributed by atoms with Gasteiger partial charge < -0.3 is 0 Å². The first-order valence-corrected chi connectivity index (χ1v) is 18.4. The fourth-order valence-electron chi connectivity index (χ4n) is 8.02. The Labute approximate surface area is 303 Å². The molecule has 11 aromatic rings. The molecule has 7 aromatic carbocycles. The molecular formula is C48H29N3S. The van der Waals surface area contributed by atoms with Crippen molar-refractivity contribution >= 4 is 69.7 Å². The highest BCUT2D eigenvalue weighted by atomic mass is 32.1. The molecule has 0 unspecified atom stereocenters. The van der Waals surface area contributed by atoms with Gasteiger partial charge in [-0.1, -0.05) is 152 Å². The summed E-state index contributed by atoms with van der Waals surface area (Å²) in [5, 5.41) is 7.45. The minimum Gasteiger partial charge on any atom is -0.299 e. The van der Waals surface area contributed by atoms with Crippen LogP contribution in [-0.4, -0.2) is 14.4 Å². The lowest BCUT2D eigenvalue weighted by atomic mass is 9.95. The number of pyridine rings is 1. The van der Waals surface area contributed by atoms with Crippen LogP contribution in [0, 0.1) is 0 Å². The minimum absolute atomic E-state index is 0.727. The molecule has 0 amide bonds. The standard InChI is InChI=1S/C48H29N3S/c1-3-13-31(14-4-1)43-37-18-8-11-21-41(37)51-46(43)35-28-27-34(29-39(35)44-38-19-9-12-22-42(38)52-48(44)51)30-23-25-33(26-24-30)47-49-40-20-10-7-17-36(40)45(50-47)32-15-5-2-6-16-32/h1-29H. The quantitative estimate of drug-likeness (QED) is 0.185. The Hall–Kier alpha value is -6.62. The highest BCUT2D eigenvalue weighted by Crippen LogP contribution is 2.47. The normalized spacial score (nSPS) is 11.8. The summed E-state index contributed by atoms with van der Waals surface area (Å²) in [6, 6.07) is 62.9. The van der Waals surface area contributed by atoms with Crippen LogP contribution in [0.1, 0.15) is 0 Å². The average molecular weight is 680 g/mol. The van der Waals surface area contributed by atoms with E-state index in [2.05, 4.69) is 168 Å². The fourth-order valence-corrected chi connectivity index (χ4v) is 9.26. The van der Waals surface area contributed by atoms with E-state index in [0.29, 0.717) is 0 Å². The molecule has 0 aliphatic rings. The van der Waals surface area contributed by atoms with Crippen LogP contribution in [0.25, 0.3) is 103 Å². The molecule has 4 heteroatoms. The van der Waals surface area contributed by atoms with Gasteiger partial charge in [0.15, 0.2) is 5.82 Å². The SMILES string of the molecule is c1ccc(-c2nc(-c3ccc(-c4ccc5c(c4)c4c6ccccc6sc4n4c6ccccc6c(-c6ccccc6)c54)cc3)nc3ccccc23)cc1. The van der Waals surface area contributed by atoms with Gasteiger partial charge in [0.05, 0.1) is 22.2 Å². The van der Waals surface area contributed by atoms with E-state index >= 15 is 0 Å². The Bertz CT molecular complexity index is 3160. The molecule has 0 aliphatic carbocycles. The van der Waals surface area contributed by atoms with E-state index in [9.17, 15) is 0 Å². The summed E-state index contributed by atoms with van der Waals surface area (Å²) in [5.41, 5.74) is 11.3. The first kappa shape index (κ1) is 29.1. The molecule has 0 fully saturated rings. The maximum absolute atomic E-state index is 5.11. The van der Waals surface area contributed by atoms with E-state index < -0.39 is 0 Å². The Kier molecular flexibility index (Phi) is 6.42. The van der Waals surface area contributed by atoms with E-state index in [-0.39, 0.29) is 0 Å². The third-order valence-corrected chi connectivity index (χ3v) is 11.5. The van der Waals surface area contributed by atoms with E-state index in [0.717, 1.165) is 39.1 Å². The monoisotopic (exact) mass is 679 g/mol. The molecule has 52 heavy (non-hydrogen) atoms. The van der Waals surface area contributed by atoms with E-state index in [1.165, 1.54) is 64.2 Å². The topological polar surface area (TPSA) is 30.2 Å². The van der Waals surface area contributed by atoms with Crippen molar-refractivity contribution < 1.29 is 0 Å². The van der Waals surface area contributed by atoms with Gasteiger partial charge >= 0.3 is 0 Å². The number of thiophene rings is 1. The van der Waals surface area contributed by atoms with Crippen molar-refractivity contribution in [2.24, 2.45) is 0 Å². The molecule has 242 valence electrons. The maximum atomic E-state index is 5.11. The Morgan fingerprint density at radius 3 is 1.87 bits per heavy atom. The van der Waals surface area contributed by atoms with Gasteiger partial charge in [-0.15, -0.1) is 11.3 Å². The van der Waals surface area contributed by atoms with Crippen molar-refractivity contribution in [3.8, 4) is 44.9 Å². The van der Waals surface area contributed by atoms with E-state index in [1.807, 2.05) is 23.5 Å². The predicted molar refractivity (Wildman–Crippen MR) is 220 cm³/mol. The van der Waals surface area contributed by atoms with Crippen LogP contribution in [0.5, 0.6) is 0 Å². The van der Waals surface area contributed by atoms with Gasteiger partial charge in [0.2, 0.25) is 0 Å². The van der Waals surface area contributed by atoms with Crippen LogP contribution in [0.2, 0.25) is 0 Å². The van der Waals surface area contributed by atoms with Crippen molar-refractivity contribution in [2.45, 2.75) is 0 Å². The number of benzene rings is 7. The molecule has 4 aromatic heterocycles. The molecule has 0 saturated carbocycles. The van der Waals surface area contributed by atoms with Gasteiger partial charge in [0, 0.05) is 48.3 Å². The van der Waals surface area contributed by atoms with Gasteiger partial charge in [0.25, 0.3) is 0 Å². The number of rotatable bonds is 4. The van der Waals surface area contributed by atoms with E-state index in [1.54, 1.807) is 0 Å². The zero-order valence-electron chi connectivity index (χ0n) is 28.0. The van der Waals surface area contributed by atoms with E-state index in [4.69, 9.17) is 9.97 Å². The molecule has 0 bridgehead atoms. The minimum atomic E-state index is 0.727. The van der Waals surface area contributed by atoms with Crippen LogP contribution in [0.4, 0.5) is 0 Å². The lowest BCUT2D eigenvalue weighted by molar-refractivity contribution is 1.23. The fraction of sp³-hybridized carbons (Fsp3) is 0. The lowest BCUT2D eigenvalue weighted by Gasteiger charge is -2.12. The Balaban J connectivity index is 1.13. The van der Waals surface area contributed by atoms with Gasteiger partial charge in [0.1, 0.15) is 4.83 Å². The molecule has 0 aliphatic heterocycles. The van der Waals surface area contributed by atoms with Gasteiger partial charge in [-0.05, 0) is 46.3 Å². The number of para-hydroxylation sites is 2. The second kappa shape index (κ2) is 11.5. The Morgan fingerprint density at radius 2 is 1.06 bits per heavy atom. The van der Waals surface area contributed by atoms with Crippen molar-refractivity contribution in [2.75, 3.05) is 0 Å². The summed E-state index contributed by atoms with van der Waals surface area (Å²) in [5.74, 6) is 0.727. The summed E-state index contributed by atoms with van der Waals surface area (Å²) in [4.78, 5) is 11.4. The second-order valence-corrected chi connectivity index (χ2v) is 14.4. The third kappa shape index (κ3) is 4.38. The van der Waals surface area contributed by atoms with Gasteiger partial charge in [-0.25, -0.2) is 9.97 Å². The van der Waals surface area contributed by atoms with Crippen LogP contribution < -0.4 is 0 Å². The maximum Gasteiger partial charge on any atom is 0.160 e. The lowest BCUT2D eigenvalue weighted by Crippen LogP contribution is -1.95. The predicted octanol–water partition coefficient (Wildman–Crippen LogP) is 13.2. The summed E-state index contributed by atoms with van der Waals surface area (Å²) < 4.78 is 3.81.